The van der Waals surface area contributed by atoms with Crippen molar-refractivity contribution in [3.05, 3.63) is 35.8 Å². The number of aliphatic hydroxyl groups is 1. The molecule has 1 aromatic carbocycles. The van der Waals surface area contributed by atoms with Crippen molar-refractivity contribution in [1.82, 2.24) is 9.97 Å². The number of rotatable bonds is 5. The lowest BCUT2D eigenvalue weighted by atomic mass is 10.2. The van der Waals surface area contributed by atoms with Gasteiger partial charge in [0, 0.05) is 31.2 Å². The predicted molar refractivity (Wildman–Crippen MR) is 113 cm³/mol. The Hall–Kier alpha value is -2.10. The highest BCUT2D eigenvalue weighted by molar-refractivity contribution is 7.91. The second-order valence-electron chi connectivity index (χ2n) is 8.84. The third-order valence-electron chi connectivity index (χ3n) is 6.87. The van der Waals surface area contributed by atoms with Gasteiger partial charge in [0.25, 0.3) is 0 Å². The molecule has 3 atom stereocenters. The molecule has 2 unspecified atom stereocenters. The Morgan fingerprint density at radius 1 is 1.17 bits per heavy atom. The van der Waals surface area contributed by atoms with Crippen molar-refractivity contribution >= 4 is 28.6 Å². The van der Waals surface area contributed by atoms with Gasteiger partial charge in [0.2, 0.25) is 10.8 Å². The van der Waals surface area contributed by atoms with E-state index in [2.05, 4.69) is 15.1 Å². The summed E-state index contributed by atoms with van der Waals surface area (Å²) >= 11 is -1.09. The van der Waals surface area contributed by atoms with Gasteiger partial charge in [0.05, 0.1) is 18.2 Å². The number of anilines is 3. The highest BCUT2D eigenvalue weighted by Crippen LogP contribution is 2.43. The van der Waals surface area contributed by atoms with Gasteiger partial charge in [0.15, 0.2) is 5.82 Å². The smallest absolute Gasteiger partial charge is 0.228 e. The van der Waals surface area contributed by atoms with E-state index >= 15 is 0 Å². The standard InChI is InChI=1S/C21H24FN5O2S/c22-13-1-3-14(4-2-13)26-10-16-9-15(26)11-27(16)20-23-17-5-8-30(29)18(17)19(24-20)25-21(12-28)6-7-21/h1-4,15-16,28H,5-12H2,(H,23,24,25)/t15-,16?,30?/m1/s1. The number of fused-ring (bicyclic) bond motifs is 3. The lowest BCUT2D eigenvalue weighted by Crippen LogP contribution is -2.47. The Labute approximate surface area is 177 Å². The number of aryl methyl sites for hydroxylation is 1. The van der Waals surface area contributed by atoms with Crippen LogP contribution < -0.4 is 15.1 Å². The minimum absolute atomic E-state index is 0.0504. The fraction of sp³-hybridized carbons (Fsp3) is 0.524. The first-order chi connectivity index (χ1) is 14.5. The fourth-order valence-corrected chi connectivity index (χ4v) is 6.29. The zero-order valence-electron chi connectivity index (χ0n) is 16.6. The number of aliphatic hydroxyl groups excluding tert-OH is 1. The number of hydrogen-bond acceptors (Lipinski definition) is 7. The highest BCUT2D eigenvalue weighted by Gasteiger charge is 2.47. The molecule has 2 aromatic rings. The van der Waals surface area contributed by atoms with Crippen LogP contribution in [0.15, 0.2) is 29.2 Å². The highest BCUT2D eigenvalue weighted by atomic mass is 32.2. The summed E-state index contributed by atoms with van der Waals surface area (Å²) in [7, 11) is 0. The van der Waals surface area contributed by atoms with E-state index in [1.807, 2.05) is 12.1 Å². The normalized spacial score (nSPS) is 28.2. The van der Waals surface area contributed by atoms with Crippen LogP contribution in [0.1, 0.15) is 25.0 Å². The Morgan fingerprint density at radius 3 is 2.57 bits per heavy atom. The van der Waals surface area contributed by atoms with E-state index in [1.54, 1.807) is 0 Å². The molecule has 3 aliphatic heterocycles. The van der Waals surface area contributed by atoms with E-state index in [0.29, 0.717) is 36.0 Å². The lowest BCUT2D eigenvalue weighted by Gasteiger charge is -2.36. The summed E-state index contributed by atoms with van der Waals surface area (Å²) in [5.41, 5.74) is 1.60. The summed E-state index contributed by atoms with van der Waals surface area (Å²) in [5, 5.41) is 13.1. The van der Waals surface area contributed by atoms with Crippen molar-refractivity contribution in [3.8, 4) is 0 Å². The van der Waals surface area contributed by atoms with Gasteiger partial charge < -0.3 is 24.8 Å². The van der Waals surface area contributed by atoms with Gasteiger partial charge in [-0.25, -0.2) is 9.37 Å². The van der Waals surface area contributed by atoms with Crippen molar-refractivity contribution in [2.45, 2.75) is 48.2 Å². The van der Waals surface area contributed by atoms with Crippen LogP contribution in [-0.2, 0) is 17.6 Å². The zero-order valence-corrected chi connectivity index (χ0v) is 17.4. The first-order valence-electron chi connectivity index (χ1n) is 10.5. The Bertz CT molecular complexity index is 986. The molecule has 3 fully saturated rings. The molecule has 6 rings (SSSR count). The third-order valence-corrected chi connectivity index (χ3v) is 8.33. The second-order valence-corrected chi connectivity index (χ2v) is 10.3. The maximum Gasteiger partial charge on any atom is 0.228 e. The van der Waals surface area contributed by atoms with E-state index in [0.717, 1.165) is 48.6 Å². The SMILES string of the molecule is [O-][S+]1CCc2nc(N3C[C@H]4CC3CN4c3ccc(F)cc3)nc(NC3(CO)CC3)c21. The molecule has 4 heterocycles. The molecule has 0 amide bonds. The molecule has 4 aliphatic rings. The molecular weight excluding hydrogens is 405 g/mol. The molecule has 2 bridgehead atoms. The zero-order chi connectivity index (χ0) is 20.5. The molecule has 2 N–H and O–H groups in total. The van der Waals surface area contributed by atoms with Gasteiger partial charge in [-0.15, -0.1) is 0 Å². The van der Waals surface area contributed by atoms with Gasteiger partial charge in [-0.1, -0.05) is 0 Å². The largest absolute Gasteiger partial charge is 0.611 e. The summed E-state index contributed by atoms with van der Waals surface area (Å²) < 4.78 is 25.8. The van der Waals surface area contributed by atoms with E-state index in [-0.39, 0.29) is 18.0 Å². The molecule has 0 radical (unpaired) electrons. The number of aromatic nitrogens is 2. The average molecular weight is 430 g/mol. The summed E-state index contributed by atoms with van der Waals surface area (Å²) in [6.45, 7) is 1.72. The first-order valence-corrected chi connectivity index (χ1v) is 11.8. The second kappa shape index (κ2) is 6.70. The van der Waals surface area contributed by atoms with Gasteiger partial charge in [-0.05, 0) is 54.7 Å². The van der Waals surface area contributed by atoms with Crippen molar-refractivity contribution in [3.63, 3.8) is 0 Å². The van der Waals surface area contributed by atoms with E-state index in [9.17, 15) is 14.0 Å². The van der Waals surface area contributed by atoms with Crippen molar-refractivity contribution in [1.29, 1.82) is 0 Å². The van der Waals surface area contributed by atoms with Crippen LogP contribution in [0.25, 0.3) is 0 Å². The van der Waals surface area contributed by atoms with Gasteiger partial charge in [-0.2, -0.15) is 4.98 Å². The van der Waals surface area contributed by atoms with Gasteiger partial charge in [0.1, 0.15) is 17.3 Å². The molecule has 7 nitrogen and oxygen atoms in total. The van der Waals surface area contributed by atoms with Crippen molar-refractivity contribution < 1.29 is 14.0 Å². The summed E-state index contributed by atoms with van der Waals surface area (Å²) in [4.78, 5) is 14.9. The minimum atomic E-state index is -1.09. The molecule has 9 heteroatoms. The van der Waals surface area contributed by atoms with Crippen LogP contribution >= 0.6 is 0 Å². The molecule has 30 heavy (non-hydrogen) atoms. The van der Waals surface area contributed by atoms with Crippen molar-refractivity contribution in [2.75, 3.05) is 40.6 Å². The third kappa shape index (κ3) is 2.94. The topological polar surface area (TPSA) is 87.6 Å². The summed E-state index contributed by atoms with van der Waals surface area (Å²) in [6.07, 6.45) is 3.51. The molecule has 1 aliphatic carbocycles. The number of piperazine rings is 1. The van der Waals surface area contributed by atoms with E-state index in [1.165, 1.54) is 12.1 Å². The quantitative estimate of drug-likeness (QED) is 0.700. The van der Waals surface area contributed by atoms with Crippen molar-refractivity contribution in [2.24, 2.45) is 0 Å². The predicted octanol–water partition coefficient (Wildman–Crippen LogP) is 1.68. The first kappa shape index (κ1) is 18.7. The molecule has 1 saturated carbocycles. The number of halogens is 1. The van der Waals surface area contributed by atoms with Crippen LogP contribution in [0.4, 0.5) is 21.8 Å². The molecule has 0 spiro atoms. The number of hydrogen-bond donors (Lipinski definition) is 2. The number of nitrogens with one attached hydrogen (secondary N) is 1. The average Bonchev–Trinajstić information content (AvgIpc) is 3.07. The lowest BCUT2D eigenvalue weighted by molar-refractivity contribution is 0.265. The van der Waals surface area contributed by atoms with Gasteiger partial charge >= 0.3 is 0 Å². The van der Waals surface area contributed by atoms with Crippen LogP contribution in [0.2, 0.25) is 0 Å². The maximum absolute atomic E-state index is 13.3. The van der Waals surface area contributed by atoms with E-state index < -0.39 is 11.2 Å². The molecule has 1 aromatic heterocycles. The van der Waals surface area contributed by atoms with Crippen LogP contribution in [0.3, 0.4) is 0 Å². The monoisotopic (exact) mass is 429 g/mol. The number of benzene rings is 1. The Morgan fingerprint density at radius 2 is 1.90 bits per heavy atom. The van der Waals surface area contributed by atoms with E-state index in [4.69, 9.17) is 9.97 Å². The Kier molecular flexibility index (Phi) is 4.16. The Balaban J connectivity index is 1.28. The van der Waals surface area contributed by atoms with Crippen LogP contribution in [0, 0.1) is 5.82 Å². The van der Waals surface area contributed by atoms with Crippen LogP contribution in [0.5, 0.6) is 0 Å². The maximum atomic E-state index is 13.3. The minimum Gasteiger partial charge on any atom is -0.611 e. The van der Waals surface area contributed by atoms with Crippen LogP contribution in [-0.4, -0.2) is 62.7 Å². The van der Waals surface area contributed by atoms with Gasteiger partial charge in [-0.3, -0.25) is 0 Å². The summed E-state index contributed by atoms with van der Waals surface area (Å²) in [6, 6.07) is 7.34. The summed E-state index contributed by atoms with van der Waals surface area (Å²) in [5.74, 6) is 1.69. The fourth-order valence-electron chi connectivity index (χ4n) is 4.98. The molecule has 2 saturated heterocycles. The molecular formula is C21H24FN5O2S. The molecule has 158 valence electrons. The number of nitrogens with zero attached hydrogens (tertiary/aromatic N) is 4.